The van der Waals surface area contributed by atoms with Crippen LogP contribution >= 0.6 is 0 Å². The Hall–Kier alpha value is -2.07. The van der Waals surface area contributed by atoms with E-state index in [1.807, 2.05) is 25.1 Å². The molecule has 0 spiro atoms. The third-order valence-electron chi connectivity index (χ3n) is 3.74. The number of hydrogen-bond acceptors (Lipinski definition) is 4. The number of aryl methyl sites for hydroxylation is 2. The van der Waals surface area contributed by atoms with Crippen molar-refractivity contribution in [2.45, 2.75) is 39.8 Å². The van der Waals surface area contributed by atoms with E-state index in [9.17, 15) is 0 Å². The molecule has 0 aliphatic heterocycles. The molecule has 0 saturated heterocycles. The van der Waals surface area contributed by atoms with Crippen LogP contribution in [0.5, 0.6) is 0 Å². The lowest BCUT2D eigenvalue weighted by atomic mass is 10.1. The summed E-state index contributed by atoms with van der Waals surface area (Å²) in [7, 11) is 0. The second kappa shape index (κ2) is 5.74. The summed E-state index contributed by atoms with van der Waals surface area (Å²) in [6.45, 7) is 6.84. The van der Waals surface area contributed by atoms with Gasteiger partial charge in [-0.15, -0.1) is 0 Å². The van der Waals surface area contributed by atoms with Crippen LogP contribution in [0.2, 0.25) is 0 Å². The molecule has 110 valence electrons. The molecular formula is C17H20N2O2. The first kappa shape index (κ1) is 13.9. The van der Waals surface area contributed by atoms with Crippen LogP contribution in [0.3, 0.4) is 0 Å². The Morgan fingerprint density at radius 1 is 1.29 bits per heavy atom. The number of hydrogen-bond donors (Lipinski definition) is 1. The van der Waals surface area contributed by atoms with Gasteiger partial charge in [-0.05, 0) is 26.3 Å². The number of para-hydroxylation sites is 1. The number of aromatic nitrogens is 1. The van der Waals surface area contributed by atoms with Gasteiger partial charge in [-0.3, -0.25) is 0 Å². The lowest BCUT2D eigenvalue weighted by Crippen LogP contribution is -2.18. The largest absolute Gasteiger partial charge is 0.459 e. The Balaban J connectivity index is 1.82. The van der Waals surface area contributed by atoms with Crippen LogP contribution in [0.1, 0.15) is 42.7 Å². The molecule has 1 unspecified atom stereocenters. The Morgan fingerprint density at radius 2 is 2.10 bits per heavy atom. The van der Waals surface area contributed by atoms with Gasteiger partial charge in [0.05, 0.1) is 11.7 Å². The lowest BCUT2D eigenvalue weighted by molar-refractivity contribution is 0.382. The van der Waals surface area contributed by atoms with E-state index >= 15 is 0 Å². The van der Waals surface area contributed by atoms with Crippen LogP contribution in [-0.4, -0.2) is 5.16 Å². The van der Waals surface area contributed by atoms with Gasteiger partial charge >= 0.3 is 0 Å². The third kappa shape index (κ3) is 2.72. The monoisotopic (exact) mass is 284 g/mol. The van der Waals surface area contributed by atoms with Crippen LogP contribution < -0.4 is 5.32 Å². The molecule has 1 atom stereocenters. The zero-order valence-electron chi connectivity index (χ0n) is 12.6. The number of benzene rings is 1. The lowest BCUT2D eigenvalue weighted by Gasteiger charge is -2.11. The van der Waals surface area contributed by atoms with Crippen molar-refractivity contribution in [3.63, 3.8) is 0 Å². The predicted molar refractivity (Wildman–Crippen MR) is 82.1 cm³/mol. The zero-order chi connectivity index (χ0) is 14.8. The average Bonchev–Trinajstić information content (AvgIpc) is 3.07. The summed E-state index contributed by atoms with van der Waals surface area (Å²) in [5.41, 5.74) is 3.14. The molecule has 1 aromatic carbocycles. The molecule has 2 heterocycles. The molecule has 21 heavy (non-hydrogen) atoms. The van der Waals surface area contributed by atoms with E-state index < -0.39 is 0 Å². The van der Waals surface area contributed by atoms with E-state index in [0.29, 0.717) is 6.54 Å². The maximum atomic E-state index is 6.04. The molecular weight excluding hydrogens is 264 g/mol. The van der Waals surface area contributed by atoms with E-state index in [4.69, 9.17) is 8.94 Å². The van der Waals surface area contributed by atoms with Crippen molar-refractivity contribution in [1.82, 2.24) is 10.5 Å². The third-order valence-corrected chi connectivity index (χ3v) is 3.74. The summed E-state index contributed by atoms with van der Waals surface area (Å²) >= 11 is 0. The summed E-state index contributed by atoms with van der Waals surface area (Å²) in [5, 5.41) is 8.66. The molecule has 4 nitrogen and oxygen atoms in total. The van der Waals surface area contributed by atoms with Crippen LogP contribution in [0.25, 0.3) is 11.0 Å². The van der Waals surface area contributed by atoms with Crippen LogP contribution in [0.4, 0.5) is 0 Å². The van der Waals surface area contributed by atoms with Gasteiger partial charge in [0, 0.05) is 23.6 Å². The van der Waals surface area contributed by atoms with Crippen LogP contribution in [0.15, 0.2) is 39.3 Å². The van der Waals surface area contributed by atoms with Crippen molar-refractivity contribution in [1.29, 1.82) is 0 Å². The van der Waals surface area contributed by atoms with Crippen molar-refractivity contribution >= 4 is 11.0 Å². The van der Waals surface area contributed by atoms with E-state index in [1.165, 1.54) is 10.9 Å². The van der Waals surface area contributed by atoms with Crippen LogP contribution in [-0.2, 0) is 13.0 Å². The molecule has 0 aliphatic rings. The van der Waals surface area contributed by atoms with Gasteiger partial charge in [0.2, 0.25) is 0 Å². The summed E-state index contributed by atoms with van der Waals surface area (Å²) < 4.78 is 11.1. The SMILES string of the molecule is CCc1c(C(C)NCc2cc(C)on2)oc2ccccc12. The van der Waals surface area contributed by atoms with Gasteiger partial charge in [0.15, 0.2) is 0 Å². The number of fused-ring (bicyclic) bond motifs is 1. The highest BCUT2D eigenvalue weighted by molar-refractivity contribution is 5.82. The highest BCUT2D eigenvalue weighted by Gasteiger charge is 2.18. The number of nitrogens with zero attached hydrogens (tertiary/aromatic N) is 1. The molecule has 3 aromatic rings. The Labute approximate surface area is 124 Å². The van der Waals surface area contributed by atoms with E-state index in [1.54, 1.807) is 0 Å². The summed E-state index contributed by atoms with van der Waals surface area (Å²) in [6, 6.07) is 10.3. The highest BCUT2D eigenvalue weighted by Crippen LogP contribution is 2.30. The summed E-state index contributed by atoms with van der Waals surface area (Å²) in [4.78, 5) is 0. The van der Waals surface area contributed by atoms with Gasteiger partial charge in [-0.1, -0.05) is 30.3 Å². The van der Waals surface area contributed by atoms with Crippen molar-refractivity contribution in [3.05, 3.63) is 53.1 Å². The number of rotatable bonds is 5. The molecule has 2 aromatic heterocycles. The predicted octanol–water partition coefficient (Wildman–Crippen LogP) is 4.14. The molecule has 4 heteroatoms. The second-order valence-electron chi connectivity index (χ2n) is 5.33. The minimum atomic E-state index is 0.129. The first-order valence-electron chi connectivity index (χ1n) is 7.35. The summed E-state index contributed by atoms with van der Waals surface area (Å²) in [5.74, 6) is 1.84. The molecule has 0 bridgehead atoms. The first-order chi connectivity index (χ1) is 10.2. The van der Waals surface area contributed by atoms with E-state index in [0.717, 1.165) is 29.2 Å². The molecule has 0 saturated carbocycles. The molecule has 0 fully saturated rings. The molecule has 0 amide bonds. The quantitative estimate of drug-likeness (QED) is 0.765. The van der Waals surface area contributed by atoms with Crippen molar-refractivity contribution in [3.8, 4) is 0 Å². The minimum absolute atomic E-state index is 0.129. The molecule has 1 N–H and O–H groups in total. The van der Waals surface area contributed by atoms with Gasteiger partial charge in [0.1, 0.15) is 17.1 Å². The fourth-order valence-electron chi connectivity index (χ4n) is 2.68. The number of nitrogens with one attached hydrogen (secondary N) is 1. The Bertz CT molecular complexity index is 742. The van der Waals surface area contributed by atoms with Crippen LogP contribution in [0, 0.1) is 6.92 Å². The second-order valence-corrected chi connectivity index (χ2v) is 5.33. The molecule has 0 radical (unpaired) electrons. The maximum absolute atomic E-state index is 6.04. The fraction of sp³-hybridized carbons (Fsp3) is 0.353. The molecule has 3 rings (SSSR count). The average molecular weight is 284 g/mol. The van der Waals surface area contributed by atoms with Crippen molar-refractivity contribution < 1.29 is 8.94 Å². The molecule has 0 aliphatic carbocycles. The van der Waals surface area contributed by atoms with E-state index in [-0.39, 0.29) is 6.04 Å². The Kier molecular flexibility index (Phi) is 3.80. The summed E-state index contributed by atoms with van der Waals surface area (Å²) in [6.07, 6.45) is 0.960. The minimum Gasteiger partial charge on any atom is -0.459 e. The maximum Gasteiger partial charge on any atom is 0.134 e. The topological polar surface area (TPSA) is 51.2 Å². The first-order valence-corrected chi connectivity index (χ1v) is 7.35. The standard InChI is InChI=1S/C17H20N2O2/c1-4-14-15-7-5-6-8-16(15)20-17(14)12(3)18-10-13-9-11(2)21-19-13/h5-9,12,18H,4,10H2,1-3H3. The van der Waals surface area contributed by atoms with Crippen molar-refractivity contribution in [2.24, 2.45) is 0 Å². The van der Waals surface area contributed by atoms with Gasteiger partial charge < -0.3 is 14.3 Å². The van der Waals surface area contributed by atoms with Gasteiger partial charge in [-0.2, -0.15) is 0 Å². The van der Waals surface area contributed by atoms with Gasteiger partial charge in [-0.25, -0.2) is 0 Å². The Morgan fingerprint density at radius 3 is 2.81 bits per heavy atom. The van der Waals surface area contributed by atoms with Crippen molar-refractivity contribution in [2.75, 3.05) is 0 Å². The zero-order valence-corrected chi connectivity index (χ0v) is 12.6. The van der Waals surface area contributed by atoms with Gasteiger partial charge in [0.25, 0.3) is 0 Å². The fourth-order valence-corrected chi connectivity index (χ4v) is 2.68. The number of furan rings is 1. The normalized spacial score (nSPS) is 12.9. The highest BCUT2D eigenvalue weighted by atomic mass is 16.5. The van der Waals surface area contributed by atoms with E-state index in [2.05, 4.69) is 36.5 Å². The smallest absolute Gasteiger partial charge is 0.134 e.